The molecular formula is C64H43NO. The van der Waals surface area contributed by atoms with Gasteiger partial charge in [0.2, 0.25) is 0 Å². The minimum absolute atomic E-state index is 0.893. The predicted molar refractivity (Wildman–Crippen MR) is 279 cm³/mol. The summed E-state index contributed by atoms with van der Waals surface area (Å²) in [6.45, 7) is 0. The molecule has 0 radical (unpaired) electrons. The van der Waals surface area contributed by atoms with Gasteiger partial charge in [0.05, 0.1) is 5.69 Å². The Hall–Kier alpha value is -8.72. The summed E-state index contributed by atoms with van der Waals surface area (Å²) >= 11 is 0. The molecule has 0 aliphatic heterocycles. The summed E-state index contributed by atoms with van der Waals surface area (Å²) < 4.78 is 6.55. The zero-order chi connectivity index (χ0) is 43.8. The van der Waals surface area contributed by atoms with E-state index in [1.165, 1.54) is 49.7 Å². The fourth-order valence-corrected chi connectivity index (χ4v) is 9.70. The van der Waals surface area contributed by atoms with Gasteiger partial charge in [-0.05, 0) is 127 Å². The van der Waals surface area contributed by atoms with E-state index in [4.69, 9.17) is 4.42 Å². The van der Waals surface area contributed by atoms with Crippen LogP contribution in [0.1, 0.15) is 0 Å². The van der Waals surface area contributed by atoms with Crippen molar-refractivity contribution in [3.8, 4) is 66.8 Å². The van der Waals surface area contributed by atoms with Crippen LogP contribution in [0.3, 0.4) is 0 Å². The van der Waals surface area contributed by atoms with Crippen molar-refractivity contribution in [3.63, 3.8) is 0 Å². The summed E-state index contributed by atoms with van der Waals surface area (Å²) in [5, 5.41) is 4.64. The van der Waals surface area contributed by atoms with Crippen molar-refractivity contribution in [2.45, 2.75) is 0 Å². The molecule has 0 amide bonds. The fraction of sp³-hybridized carbons (Fsp3) is 0. The maximum absolute atomic E-state index is 6.55. The Morgan fingerprint density at radius 1 is 0.242 bits per heavy atom. The molecule has 66 heavy (non-hydrogen) atoms. The van der Waals surface area contributed by atoms with E-state index in [2.05, 4.69) is 260 Å². The van der Waals surface area contributed by atoms with E-state index in [9.17, 15) is 0 Å². The number of rotatable bonds is 9. The number of furan rings is 1. The number of hydrogen-bond acceptors (Lipinski definition) is 2. The highest BCUT2D eigenvalue weighted by Gasteiger charge is 2.21. The first-order valence-corrected chi connectivity index (χ1v) is 22.6. The van der Waals surface area contributed by atoms with Gasteiger partial charge in [0.15, 0.2) is 0 Å². The number of fused-ring (bicyclic) bond motifs is 5. The van der Waals surface area contributed by atoms with Gasteiger partial charge in [-0.3, -0.25) is 0 Å². The number of para-hydroxylation sites is 2. The molecular weight excluding hydrogens is 799 g/mol. The summed E-state index contributed by atoms with van der Waals surface area (Å²) in [6.07, 6.45) is 0. The highest BCUT2D eigenvalue weighted by Crippen LogP contribution is 2.46. The number of benzene rings is 11. The molecule has 0 aliphatic carbocycles. The fourth-order valence-electron chi connectivity index (χ4n) is 9.70. The normalized spacial score (nSPS) is 11.3. The highest BCUT2D eigenvalue weighted by molar-refractivity contribution is 6.22. The molecule has 1 aromatic heterocycles. The van der Waals surface area contributed by atoms with E-state index in [1.54, 1.807) is 0 Å². The van der Waals surface area contributed by atoms with E-state index in [0.717, 1.165) is 66.8 Å². The summed E-state index contributed by atoms with van der Waals surface area (Å²) in [7, 11) is 0. The van der Waals surface area contributed by atoms with Crippen LogP contribution >= 0.6 is 0 Å². The van der Waals surface area contributed by atoms with Crippen LogP contribution < -0.4 is 4.90 Å². The molecule has 2 heteroatoms. The average molecular weight is 842 g/mol. The highest BCUT2D eigenvalue weighted by atomic mass is 16.3. The minimum Gasteiger partial charge on any atom is -0.456 e. The predicted octanol–water partition coefficient (Wildman–Crippen LogP) is 18.2. The zero-order valence-electron chi connectivity index (χ0n) is 36.2. The Kier molecular flexibility index (Phi) is 9.89. The Bertz CT molecular complexity index is 3670. The standard InChI is InChI=1S/C64H43NO/c1-4-17-44(18-5-1)46-31-36-52(37-32-46)65(61-29-14-12-27-56(61)55-26-11-10-25-54(55)48-21-8-3-9-22-48)53-38-33-47(34-39-53)50-35-40-57-60(42-50)59(43-63-64(57)58-28-13-15-30-62(58)66-63)51-24-16-23-49(41-51)45-19-6-2-7-20-45/h1-43H. The third-order valence-corrected chi connectivity index (χ3v) is 12.9. The van der Waals surface area contributed by atoms with Crippen molar-refractivity contribution in [1.82, 2.24) is 0 Å². The van der Waals surface area contributed by atoms with Crippen molar-refractivity contribution in [1.29, 1.82) is 0 Å². The van der Waals surface area contributed by atoms with Gasteiger partial charge in [-0.1, -0.05) is 206 Å². The van der Waals surface area contributed by atoms with Crippen LogP contribution in [0.4, 0.5) is 17.1 Å². The molecule has 0 atom stereocenters. The molecule has 0 aliphatic rings. The number of anilines is 3. The lowest BCUT2D eigenvalue weighted by Crippen LogP contribution is -2.11. The Morgan fingerprint density at radius 3 is 1.42 bits per heavy atom. The lowest BCUT2D eigenvalue weighted by Gasteiger charge is -2.29. The first-order valence-electron chi connectivity index (χ1n) is 22.6. The van der Waals surface area contributed by atoms with Crippen LogP contribution in [0.2, 0.25) is 0 Å². The lowest BCUT2D eigenvalue weighted by atomic mass is 9.91. The molecule has 0 bridgehead atoms. The van der Waals surface area contributed by atoms with Crippen LogP contribution in [-0.4, -0.2) is 0 Å². The molecule has 0 spiro atoms. The van der Waals surface area contributed by atoms with E-state index < -0.39 is 0 Å². The first-order chi connectivity index (χ1) is 32.7. The maximum atomic E-state index is 6.55. The topological polar surface area (TPSA) is 16.4 Å². The zero-order valence-corrected chi connectivity index (χ0v) is 36.2. The smallest absolute Gasteiger partial charge is 0.136 e. The second kappa shape index (κ2) is 16.8. The first kappa shape index (κ1) is 38.9. The Balaban J connectivity index is 0.997. The second-order valence-electron chi connectivity index (χ2n) is 16.8. The molecule has 0 N–H and O–H groups in total. The average Bonchev–Trinajstić information content (AvgIpc) is 3.79. The van der Waals surface area contributed by atoms with Gasteiger partial charge in [-0.15, -0.1) is 0 Å². The number of hydrogen-bond donors (Lipinski definition) is 0. The van der Waals surface area contributed by atoms with E-state index in [0.29, 0.717) is 0 Å². The van der Waals surface area contributed by atoms with Gasteiger partial charge in [-0.2, -0.15) is 0 Å². The molecule has 1 heterocycles. The summed E-state index contributed by atoms with van der Waals surface area (Å²) in [5.41, 5.74) is 19.1. The van der Waals surface area contributed by atoms with Crippen LogP contribution in [0.5, 0.6) is 0 Å². The van der Waals surface area contributed by atoms with E-state index >= 15 is 0 Å². The second-order valence-corrected chi connectivity index (χ2v) is 16.8. The van der Waals surface area contributed by atoms with Gasteiger partial charge < -0.3 is 9.32 Å². The molecule has 12 aromatic rings. The molecule has 0 saturated heterocycles. The van der Waals surface area contributed by atoms with Gasteiger partial charge >= 0.3 is 0 Å². The maximum Gasteiger partial charge on any atom is 0.136 e. The molecule has 310 valence electrons. The third kappa shape index (κ3) is 7.12. The summed E-state index contributed by atoms with van der Waals surface area (Å²) in [4.78, 5) is 2.40. The number of nitrogens with zero attached hydrogens (tertiary/aromatic N) is 1. The molecule has 0 unspecified atom stereocenters. The lowest BCUT2D eigenvalue weighted by molar-refractivity contribution is 0.669. The minimum atomic E-state index is 0.893. The molecule has 0 fully saturated rings. The van der Waals surface area contributed by atoms with Gasteiger partial charge in [0.1, 0.15) is 11.2 Å². The van der Waals surface area contributed by atoms with E-state index in [1.807, 2.05) is 6.07 Å². The van der Waals surface area contributed by atoms with Crippen LogP contribution in [0.25, 0.3) is 99.5 Å². The van der Waals surface area contributed by atoms with Gasteiger partial charge in [0.25, 0.3) is 0 Å². The third-order valence-electron chi connectivity index (χ3n) is 12.9. The quantitative estimate of drug-likeness (QED) is 0.144. The molecule has 11 aromatic carbocycles. The van der Waals surface area contributed by atoms with E-state index in [-0.39, 0.29) is 0 Å². The molecule has 12 rings (SSSR count). The molecule has 2 nitrogen and oxygen atoms in total. The van der Waals surface area contributed by atoms with Crippen molar-refractivity contribution < 1.29 is 4.42 Å². The SMILES string of the molecule is c1ccc(-c2ccc(N(c3ccc(-c4ccc5c(c4)c(-c4cccc(-c6ccccc6)c4)cc4oc6ccccc6c45)cc3)c3ccccc3-c3ccccc3-c3ccccc3)cc2)cc1. The largest absolute Gasteiger partial charge is 0.456 e. The Morgan fingerprint density at radius 2 is 0.727 bits per heavy atom. The molecule has 0 saturated carbocycles. The summed E-state index contributed by atoms with van der Waals surface area (Å²) in [6, 6.07) is 93.8. The Labute approximate surface area is 384 Å². The monoisotopic (exact) mass is 841 g/mol. The van der Waals surface area contributed by atoms with Crippen LogP contribution in [0.15, 0.2) is 265 Å². The summed E-state index contributed by atoms with van der Waals surface area (Å²) in [5.74, 6) is 0. The van der Waals surface area contributed by atoms with Gasteiger partial charge in [0, 0.05) is 27.7 Å². The van der Waals surface area contributed by atoms with Gasteiger partial charge in [-0.25, -0.2) is 0 Å². The van der Waals surface area contributed by atoms with Crippen molar-refractivity contribution >= 4 is 49.8 Å². The van der Waals surface area contributed by atoms with Crippen LogP contribution in [-0.2, 0) is 0 Å². The van der Waals surface area contributed by atoms with Crippen LogP contribution in [0, 0.1) is 0 Å². The van der Waals surface area contributed by atoms with Crippen molar-refractivity contribution in [2.24, 2.45) is 0 Å². The van der Waals surface area contributed by atoms with Crippen molar-refractivity contribution in [3.05, 3.63) is 261 Å². The van der Waals surface area contributed by atoms with Crippen molar-refractivity contribution in [2.75, 3.05) is 4.90 Å².